The van der Waals surface area contributed by atoms with E-state index in [0.717, 1.165) is 43.7 Å². The van der Waals surface area contributed by atoms with Gasteiger partial charge in [0, 0.05) is 18.7 Å². The van der Waals surface area contributed by atoms with E-state index < -0.39 is 5.60 Å². The normalized spacial score (nSPS) is 19.5. The molecule has 0 amide bonds. The third-order valence-corrected chi connectivity index (χ3v) is 3.70. The number of furan rings is 1. The van der Waals surface area contributed by atoms with E-state index in [1.807, 2.05) is 13.8 Å². The van der Waals surface area contributed by atoms with Crippen molar-refractivity contribution in [2.45, 2.75) is 58.1 Å². The van der Waals surface area contributed by atoms with Crippen LogP contribution in [-0.2, 0) is 6.54 Å². The van der Waals surface area contributed by atoms with E-state index in [4.69, 9.17) is 4.42 Å². The van der Waals surface area contributed by atoms with Crippen LogP contribution in [0.2, 0.25) is 0 Å². The van der Waals surface area contributed by atoms with Crippen LogP contribution in [0.25, 0.3) is 0 Å². The first-order chi connectivity index (χ1) is 8.09. The summed E-state index contributed by atoms with van der Waals surface area (Å²) in [5.41, 5.74) is 0.715. The van der Waals surface area contributed by atoms with E-state index in [1.165, 1.54) is 12.0 Å². The van der Waals surface area contributed by atoms with Crippen LogP contribution in [0.15, 0.2) is 10.5 Å². The number of aliphatic hydroxyl groups is 1. The SMILES string of the molecule is Cc1cc(CNCC2(O)CCCCC2)c(C)o1. The van der Waals surface area contributed by atoms with Gasteiger partial charge in [0.2, 0.25) is 0 Å². The average Bonchev–Trinajstić information content (AvgIpc) is 2.58. The first-order valence-corrected chi connectivity index (χ1v) is 6.58. The summed E-state index contributed by atoms with van der Waals surface area (Å²) in [5.74, 6) is 1.93. The van der Waals surface area contributed by atoms with Gasteiger partial charge in [-0.3, -0.25) is 0 Å². The molecule has 0 aromatic carbocycles. The highest BCUT2D eigenvalue weighted by atomic mass is 16.3. The molecule has 1 saturated carbocycles. The Hall–Kier alpha value is -0.800. The fraction of sp³-hybridized carbons (Fsp3) is 0.714. The quantitative estimate of drug-likeness (QED) is 0.846. The maximum absolute atomic E-state index is 10.3. The predicted molar refractivity (Wildman–Crippen MR) is 67.9 cm³/mol. The Labute approximate surface area is 103 Å². The van der Waals surface area contributed by atoms with Gasteiger partial charge in [0.05, 0.1) is 5.60 Å². The van der Waals surface area contributed by atoms with Crippen molar-refractivity contribution in [1.29, 1.82) is 0 Å². The summed E-state index contributed by atoms with van der Waals surface area (Å²) in [6, 6.07) is 2.06. The van der Waals surface area contributed by atoms with Gasteiger partial charge in [0.25, 0.3) is 0 Å². The minimum atomic E-state index is -0.481. The molecule has 1 aliphatic rings. The summed E-state index contributed by atoms with van der Waals surface area (Å²) < 4.78 is 5.48. The summed E-state index contributed by atoms with van der Waals surface area (Å²) in [5, 5.41) is 13.7. The molecule has 17 heavy (non-hydrogen) atoms. The van der Waals surface area contributed by atoms with E-state index >= 15 is 0 Å². The Balaban J connectivity index is 1.81. The number of aryl methyl sites for hydroxylation is 2. The molecule has 3 heteroatoms. The average molecular weight is 237 g/mol. The molecule has 0 aliphatic heterocycles. The molecule has 96 valence electrons. The Morgan fingerprint density at radius 1 is 1.29 bits per heavy atom. The topological polar surface area (TPSA) is 45.4 Å². The van der Waals surface area contributed by atoms with Crippen LogP contribution in [0, 0.1) is 13.8 Å². The molecule has 0 saturated heterocycles. The van der Waals surface area contributed by atoms with Crippen molar-refractivity contribution >= 4 is 0 Å². The van der Waals surface area contributed by atoms with Crippen LogP contribution in [-0.4, -0.2) is 17.3 Å². The van der Waals surface area contributed by atoms with Gasteiger partial charge in [0.15, 0.2) is 0 Å². The van der Waals surface area contributed by atoms with Gasteiger partial charge >= 0.3 is 0 Å². The Kier molecular flexibility index (Phi) is 3.89. The third-order valence-electron chi connectivity index (χ3n) is 3.70. The van der Waals surface area contributed by atoms with Crippen LogP contribution < -0.4 is 5.32 Å². The number of hydrogen-bond acceptors (Lipinski definition) is 3. The van der Waals surface area contributed by atoms with Crippen molar-refractivity contribution in [3.63, 3.8) is 0 Å². The van der Waals surface area contributed by atoms with Crippen LogP contribution in [0.4, 0.5) is 0 Å². The molecular formula is C14H23NO2. The van der Waals surface area contributed by atoms with Crippen LogP contribution in [0.5, 0.6) is 0 Å². The van der Waals surface area contributed by atoms with E-state index in [2.05, 4.69) is 11.4 Å². The van der Waals surface area contributed by atoms with Gasteiger partial charge in [-0.15, -0.1) is 0 Å². The zero-order valence-electron chi connectivity index (χ0n) is 10.9. The Morgan fingerprint density at radius 2 is 2.00 bits per heavy atom. The minimum absolute atomic E-state index is 0.481. The molecule has 1 fully saturated rings. The molecule has 0 spiro atoms. The summed E-state index contributed by atoms with van der Waals surface area (Å²) in [7, 11) is 0. The van der Waals surface area contributed by atoms with Gasteiger partial charge < -0.3 is 14.8 Å². The molecule has 1 heterocycles. The molecule has 1 aliphatic carbocycles. The predicted octanol–water partition coefficient (Wildman–Crippen LogP) is 2.68. The van der Waals surface area contributed by atoms with Crippen molar-refractivity contribution in [2.24, 2.45) is 0 Å². The van der Waals surface area contributed by atoms with E-state index in [9.17, 15) is 5.11 Å². The zero-order valence-corrected chi connectivity index (χ0v) is 10.9. The van der Waals surface area contributed by atoms with Crippen molar-refractivity contribution in [1.82, 2.24) is 5.32 Å². The summed E-state index contributed by atoms with van der Waals surface area (Å²) >= 11 is 0. The second-order valence-electron chi connectivity index (χ2n) is 5.33. The first-order valence-electron chi connectivity index (χ1n) is 6.58. The second kappa shape index (κ2) is 5.23. The standard InChI is InChI=1S/C14H23NO2/c1-11-8-13(12(2)17-11)9-15-10-14(16)6-4-3-5-7-14/h8,15-16H,3-7,9-10H2,1-2H3. The molecule has 0 bridgehead atoms. The molecule has 1 aromatic rings. The van der Waals surface area contributed by atoms with Gasteiger partial charge in [-0.25, -0.2) is 0 Å². The Morgan fingerprint density at radius 3 is 2.59 bits per heavy atom. The van der Waals surface area contributed by atoms with Gasteiger partial charge in [0.1, 0.15) is 11.5 Å². The lowest BCUT2D eigenvalue weighted by atomic mass is 9.85. The fourth-order valence-corrected chi connectivity index (χ4v) is 2.68. The van der Waals surface area contributed by atoms with E-state index in [-0.39, 0.29) is 0 Å². The molecule has 3 nitrogen and oxygen atoms in total. The monoisotopic (exact) mass is 237 g/mol. The van der Waals surface area contributed by atoms with Crippen molar-refractivity contribution in [3.05, 3.63) is 23.2 Å². The minimum Gasteiger partial charge on any atom is -0.466 e. The van der Waals surface area contributed by atoms with E-state index in [0.29, 0.717) is 6.54 Å². The number of rotatable bonds is 4. The highest BCUT2D eigenvalue weighted by Crippen LogP contribution is 2.27. The smallest absolute Gasteiger partial charge is 0.105 e. The Bertz CT molecular complexity index is 364. The van der Waals surface area contributed by atoms with Crippen molar-refractivity contribution < 1.29 is 9.52 Å². The van der Waals surface area contributed by atoms with Crippen molar-refractivity contribution in [2.75, 3.05) is 6.54 Å². The highest BCUT2D eigenvalue weighted by molar-refractivity contribution is 5.19. The van der Waals surface area contributed by atoms with Crippen LogP contribution >= 0.6 is 0 Å². The van der Waals surface area contributed by atoms with Gasteiger partial charge in [-0.2, -0.15) is 0 Å². The lowest BCUT2D eigenvalue weighted by Crippen LogP contribution is -2.41. The van der Waals surface area contributed by atoms with Crippen LogP contribution in [0.1, 0.15) is 49.2 Å². The molecule has 0 radical (unpaired) electrons. The molecule has 0 atom stereocenters. The highest BCUT2D eigenvalue weighted by Gasteiger charge is 2.28. The first kappa shape index (κ1) is 12.7. The summed E-state index contributed by atoms with van der Waals surface area (Å²) in [6.45, 7) is 5.42. The fourth-order valence-electron chi connectivity index (χ4n) is 2.68. The molecule has 1 aromatic heterocycles. The molecule has 2 N–H and O–H groups in total. The van der Waals surface area contributed by atoms with Crippen LogP contribution in [0.3, 0.4) is 0 Å². The number of nitrogens with one attached hydrogen (secondary N) is 1. The molecule has 2 rings (SSSR count). The maximum atomic E-state index is 10.3. The summed E-state index contributed by atoms with van der Waals surface area (Å²) in [6.07, 6.45) is 5.44. The lowest BCUT2D eigenvalue weighted by molar-refractivity contribution is 0.00465. The van der Waals surface area contributed by atoms with E-state index in [1.54, 1.807) is 0 Å². The number of hydrogen-bond donors (Lipinski definition) is 2. The van der Waals surface area contributed by atoms with Gasteiger partial charge in [-0.1, -0.05) is 19.3 Å². The zero-order chi connectivity index (χ0) is 12.3. The van der Waals surface area contributed by atoms with Gasteiger partial charge in [-0.05, 0) is 32.8 Å². The molecule has 0 unspecified atom stereocenters. The molecular weight excluding hydrogens is 214 g/mol. The maximum Gasteiger partial charge on any atom is 0.105 e. The summed E-state index contributed by atoms with van der Waals surface area (Å²) in [4.78, 5) is 0. The second-order valence-corrected chi connectivity index (χ2v) is 5.33. The van der Waals surface area contributed by atoms with Crippen molar-refractivity contribution in [3.8, 4) is 0 Å². The largest absolute Gasteiger partial charge is 0.466 e. The lowest BCUT2D eigenvalue weighted by Gasteiger charge is -2.32. The third kappa shape index (κ3) is 3.33.